The number of aliphatic hydroxyl groups is 1. The molecular formula is C29H38N2O2. The number of carbonyl (C=O) groups excluding carboxylic acids is 1. The highest BCUT2D eigenvalue weighted by atomic mass is 16.3. The molecule has 1 aromatic heterocycles. The van der Waals surface area contributed by atoms with Gasteiger partial charge >= 0.3 is 0 Å². The third kappa shape index (κ3) is 7.15. The van der Waals surface area contributed by atoms with Gasteiger partial charge in [-0.25, -0.2) is 0 Å². The van der Waals surface area contributed by atoms with E-state index in [4.69, 9.17) is 0 Å². The number of fused-ring (bicyclic) bond motifs is 1. The summed E-state index contributed by atoms with van der Waals surface area (Å²) < 4.78 is 2.11. The Bertz CT molecular complexity index is 1070. The number of nitrogens with zero attached hydrogens (tertiary/aromatic N) is 2. The van der Waals surface area contributed by atoms with Gasteiger partial charge in [-0.05, 0) is 37.0 Å². The number of para-hydroxylation sites is 1. The zero-order valence-corrected chi connectivity index (χ0v) is 20.7. The molecule has 1 atom stereocenters. The molecule has 1 N–H and O–H groups in total. The van der Waals surface area contributed by atoms with Crippen LogP contribution in [0, 0.1) is 18.8 Å². The fourth-order valence-electron chi connectivity index (χ4n) is 4.38. The smallest absolute Gasteiger partial charge is 0.185 e. The molecule has 3 aromatic rings. The fraction of sp³-hybridized carbons (Fsp3) is 0.414. The third-order valence-corrected chi connectivity index (χ3v) is 5.69. The van der Waals surface area contributed by atoms with Crippen LogP contribution in [0.1, 0.15) is 49.2 Å². The zero-order chi connectivity index (χ0) is 24.0. The molecule has 0 saturated carbocycles. The van der Waals surface area contributed by atoms with Gasteiger partial charge in [-0.1, -0.05) is 75.7 Å². The van der Waals surface area contributed by atoms with E-state index in [0.29, 0.717) is 30.5 Å². The molecule has 2 aromatic carbocycles. The lowest BCUT2D eigenvalue weighted by Gasteiger charge is -2.28. The first-order valence-corrected chi connectivity index (χ1v) is 12.0. The summed E-state index contributed by atoms with van der Waals surface area (Å²) in [6.45, 7) is 14.0. The Labute approximate surface area is 198 Å². The van der Waals surface area contributed by atoms with Gasteiger partial charge in [0.05, 0.1) is 6.10 Å². The molecule has 0 aliphatic carbocycles. The number of allylic oxidation sites excluding steroid dienone is 1. The first-order chi connectivity index (χ1) is 15.7. The number of hydrogen-bond acceptors (Lipinski definition) is 3. The van der Waals surface area contributed by atoms with Crippen LogP contribution < -0.4 is 0 Å². The van der Waals surface area contributed by atoms with Gasteiger partial charge in [0.15, 0.2) is 5.78 Å². The second kappa shape index (κ2) is 11.4. The van der Waals surface area contributed by atoms with Gasteiger partial charge in [0.25, 0.3) is 0 Å². The van der Waals surface area contributed by atoms with Gasteiger partial charge in [0, 0.05) is 54.4 Å². The quantitative estimate of drug-likeness (QED) is 0.298. The Morgan fingerprint density at radius 1 is 0.970 bits per heavy atom. The van der Waals surface area contributed by atoms with Crippen LogP contribution in [0.5, 0.6) is 0 Å². The van der Waals surface area contributed by atoms with Crippen molar-refractivity contribution < 1.29 is 9.90 Å². The van der Waals surface area contributed by atoms with E-state index in [1.807, 2.05) is 55.6 Å². The molecule has 0 saturated heterocycles. The predicted octanol–water partition coefficient (Wildman–Crippen LogP) is 5.82. The first-order valence-electron chi connectivity index (χ1n) is 12.0. The van der Waals surface area contributed by atoms with Crippen LogP contribution in [0.15, 0.2) is 60.8 Å². The molecule has 0 radical (unpaired) electrons. The van der Waals surface area contributed by atoms with Crippen LogP contribution >= 0.6 is 0 Å². The average molecular weight is 447 g/mol. The minimum absolute atomic E-state index is 0.00937. The molecule has 176 valence electrons. The maximum Gasteiger partial charge on any atom is 0.185 e. The molecule has 1 heterocycles. The van der Waals surface area contributed by atoms with Gasteiger partial charge in [-0.15, -0.1) is 0 Å². The van der Waals surface area contributed by atoms with E-state index in [1.165, 1.54) is 0 Å². The van der Waals surface area contributed by atoms with Crippen molar-refractivity contribution >= 4 is 22.8 Å². The van der Waals surface area contributed by atoms with Crippen LogP contribution in [0.3, 0.4) is 0 Å². The van der Waals surface area contributed by atoms with E-state index >= 15 is 0 Å². The van der Waals surface area contributed by atoms with Gasteiger partial charge in [-0.3, -0.25) is 4.79 Å². The minimum Gasteiger partial charge on any atom is -0.390 e. The summed E-state index contributed by atoms with van der Waals surface area (Å²) in [6, 6.07) is 15.8. The molecule has 0 aliphatic heterocycles. The van der Waals surface area contributed by atoms with E-state index in [0.717, 1.165) is 35.1 Å². The van der Waals surface area contributed by atoms with E-state index in [9.17, 15) is 9.90 Å². The number of carbonyl (C=O) groups is 1. The van der Waals surface area contributed by atoms with Crippen LogP contribution in [-0.2, 0) is 6.54 Å². The summed E-state index contributed by atoms with van der Waals surface area (Å²) in [7, 11) is 0. The summed E-state index contributed by atoms with van der Waals surface area (Å²) in [5.41, 5.74) is 3.88. The molecule has 3 rings (SSSR count). The molecule has 0 unspecified atom stereocenters. The minimum atomic E-state index is -0.468. The Balaban J connectivity index is 1.77. The second-order valence-electron chi connectivity index (χ2n) is 9.98. The van der Waals surface area contributed by atoms with Crippen molar-refractivity contribution in [2.75, 3.05) is 19.6 Å². The van der Waals surface area contributed by atoms with Crippen molar-refractivity contribution in [1.29, 1.82) is 0 Å². The summed E-state index contributed by atoms with van der Waals surface area (Å²) in [6.07, 6.45) is 5.10. The van der Waals surface area contributed by atoms with Gasteiger partial charge < -0.3 is 14.6 Å². The van der Waals surface area contributed by atoms with Crippen LogP contribution in [0.2, 0.25) is 0 Å². The summed E-state index contributed by atoms with van der Waals surface area (Å²) in [5.74, 6) is 1.11. The predicted molar refractivity (Wildman–Crippen MR) is 139 cm³/mol. The standard InChI is InChI=1S/C29H38N2O2/c1-21(2)16-30(17-22(3)4)19-26(32)20-31-18-25(27-8-6-7-9-28(27)31)14-15-29(33)24-12-10-23(5)11-13-24/h6-15,18,21-22,26,32H,16-17,19-20H2,1-5H3/b15-14+/t26-/m1/s1. The Hall–Kier alpha value is -2.69. The molecule has 0 bridgehead atoms. The number of aliphatic hydroxyl groups excluding tert-OH is 1. The molecule has 33 heavy (non-hydrogen) atoms. The highest BCUT2D eigenvalue weighted by molar-refractivity contribution is 6.07. The average Bonchev–Trinajstić information content (AvgIpc) is 3.09. The third-order valence-electron chi connectivity index (χ3n) is 5.69. The second-order valence-corrected chi connectivity index (χ2v) is 9.98. The van der Waals surface area contributed by atoms with Gasteiger partial charge in [0.2, 0.25) is 0 Å². The highest BCUT2D eigenvalue weighted by Gasteiger charge is 2.16. The summed E-state index contributed by atoms with van der Waals surface area (Å²) in [4.78, 5) is 15.0. The number of benzene rings is 2. The number of ketones is 1. The van der Waals surface area contributed by atoms with Gasteiger partial charge in [-0.2, -0.15) is 0 Å². The Kier molecular flexibility index (Phi) is 8.65. The molecule has 0 amide bonds. The van der Waals surface area contributed by atoms with Crippen molar-refractivity contribution in [3.63, 3.8) is 0 Å². The van der Waals surface area contributed by atoms with Crippen molar-refractivity contribution in [1.82, 2.24) is 9.47 Å². The maximum atomic E-state index is 12.6. The van der Waals surface area contributed by atoms with E-state index < -0.39 is 6.10 Å². The number of rotatable bonds is 11. The fourth-order valence-corrected chi connectivity index (χ4v) is 4.38. The lowest BCUT2D eigenvalue weighted by molar-refractivity contribution is 0.0869. The number of hydrogen-bond donors (Lipinski definition) is 1. The van der Waals surface area contributed by atoms with Crippen LogP contribution in [0.4, 0.5) is 0 Å². The monoisotopic (exact) mass is 446 g/mol. The number of aryl methyl sites for hydroxylation is 1. The Morgan fingerprint density at radius 2 is 1.61 bits per heavy atom. The zero-order valence-electron chi connectivity index (χ0n) is 20.7. The molecule has 0 aliphatic rings. The maximum absolute atomic E-state index is 12.6. The molecule has 4 nitrogen and oxygen atoms in total. The molecule has 0 fully saturated rings. The van der Waals surface area contributed by atoms with Crippen molar-refractivity contribution in [3.8, 4) is 0 Å². The first kappa shape index (κ1) is 24.9. The van der Waals surface area contributed by atoms with Gasteiger partial charge in [0.1, 0.15) is 0 Å². The molecular weight excluding hydrogens is 408 g/mol. The lowest BCUT2D eigenvalue weighted by Crippen LogP contribution is -2.39. The highest BCUT2D eigenvalue weighted by Crippen LogP contribution is 2.23. The van der Waals surface area contributed by atoms with Crippen molar-refractivity contribution in [2.24, 2.45) is 11.8 Å². The largest absolute Gasteiger partial charge is 0.390 e. The molecule has 0 spiro atoms. The van der Waals surface area contributed by atoms with Crippen LogP contribution in [-0.4, -0.2) is 46.1 Å². The number of aromatic nitrogens is 1. The van der Waals surface area contributed by atoms with Crippen molar-refractivity contribution in [2.45, 2.75) is 47.3 Å². The topological polar surface area (TPSA) is 45.5 Å². The van der Waals surface area contributed by atoms with Crippen LogP contribution in [0.25, 0.3) is 17.0 Å². The summed E-state index contributed by atoms with van der Waals surface area (Å²) >= 11 is 0. The summed E-state index contributed by atoms with van der Waals surface area (Å²) in [5, 5.41) is 12.0. The molecule has 4 heteroatoms. The normalized spacial score (nSPS) is 13.1. The Morgan fingerprint density at radius 3 is 2.24 bits per heavy atom. The van der Waals surface area contributed by atoms with E-state index in [-0.39, 0.29) is 5.78 Å². The van der Waals surface area contributed by atoms with Crippen molar-refractivity contribution in [3.05, 3.63) is 77.5 Å². The lowest BCUT2D eigenvalue weighted by atomic mass is 10.1. The van der Waals surface area contributed by atoms with E-state index in [2.05, 4.69) is 49.3 Å². The van der Waals surface area contributed by atoms with E-state index in [1.54, 1.807) is 6.08 Å². The SMILES string of the molecule is Cc1ccc(C(=O)/C=C/c2cn(C[C@H](O)CN(CC(C)C)CC(C)C)c3ccccc23)cc1.